The van der Waals surface area contributed by atoms with Crippen LogP contribution >= 0.6 is 0 Å². The van der Waals surface area contributed by atoms with E-state index in [2.05, 4.69) is 9.55 Å². The molecule has 3 aromatic rings. The zero-order valence-electron chi connectivity index (χ0n) is 15.5. The quantitative estimate of drug-likeness (QED) is 0.686. The maximum absolute atomic E-state index is 11.8. The van der Waals surface area contributed by atoms with E-state index < -0.39 is 10.0 Å². The Bertz CT molecular complexity index is 1030. The Hall–Kier alpha value is -2.38. The van der Waals surface area contributed by atoms with Crippen molar-refractivity contribution in [2.75, 3.05) is 19.3 Å². The number of benzene rings is 1. The van der Waals surface area contributed by atoms with Gasteiger partial charge >= 0.3 is 0 Å². The van der Waals surface area contributed by atoms with E-state index in [0.29, 0.717) is 13.1 Å². The fraction of sp³-hybridized carbons (Fsp3) is 0.350. The molecule has 4 rings (SSSR count). The Kier molecular flexibility index (Phi) is 4.65. The molecule has 3 heterocycles. The zero-order valence-corrected chi connectivity index (χ0v) is 16.3. The average Bonchev–Trinajstić information content (AvgIpc) is 3.28. The smallest absolute Gasteiger partial charge is 0.211 e. The molecular formula is C20H23N3O3S. The largest absolute Gasteiger partial charge is 0.460 e. The van der Waals surface area contributed by atoms with Crippen LogP contribution in [-0.4, -0.2) is 41.6 Å². The first-order valence-electron chi connectivity index (χ1n) is 9.07. The van der Waals surface area contributed by atoms with Gasteiger partial charge in [-0.25, -0.2) is 17.7 Å². The van der Waals surface area contributed by atoms with Crippen molar-refractivity contribution in [3.8, 4) is 22.7 Å². The molecular weight excluding hydrogens is 362 g/mol. The second kappa shape index (κ2) is 6.98. The summed E-state index contributed by atoms with van der Waals surface area (Å²) in [5.41, 5.74) is 2.87. The summed E-state index contributed by atoms with van der Waals surface area (Å²) in [4.78, 5) is 4.69. The number of imidazole rings is 1. The van der Waals surface area contributed by atoms with Gasteiger partial charge in [-0.1, -0.05) is 30.3 Å². The van der Waals surface area contributed by atoms with Gasteiger partial charge < -0.3 is 8.98 Å². The van der Waals surface area contributed by atoms with E-state index in [1.165, 1.54) is 6.26 Å². The van der Waals surface area contributed by atoms with Gasteiger partial charge in [0.15, 0.2) is 5.76 Å². The molecule has 0 spiro atoms. The third kappa shape index (κ3) is 3.57. The summed E-state index contributed by atoms with van der Waals surface area (Å²) in [7, 11) is -3.14. The Balaban J connectivity index is 1.73. The third-order valence-corrected chi connectivity index (χ3v) is 6.40. The fourth-order valence-electron chi connectivity index (χ4n) is 3.70. The second-order valence-corrected chi connectivity index (χ2v) is 9.00. The molecule has 142 valence electrons. The number of piperidine rings is 1. The van der Waals surface area contributed by atoms with Crippen molar-refractivity contribution in [2.24, 2.45) is 0 Å². The van der Waals surface area contributed by atoms with Crippen molar-refractivity contribution in [3.63, 3.8) is 0 Å². The van der Waals surface area contributed by atoms with E-state index in [0.717, 1.165) is 41.3 Å². The molecule has 1 aliphatic rings. The number of rotatable bonds is 4. The second-order valence-electron chi connectivity index (χ2n) is 7.02. The van der Waals surface area contributed by atoms with Gasteiger partial charge in [-0.3, -0.25) is 0 Å². The van der Waals surface area contributed by atoms with Gasteiger partial charge in [0.1, 0.15) is 11.5 Å². The molecule has 1 saturated heterocycles. The van der Waals surface area contributed by atoms with Crippen LogP contribution in [0.4, 0.5) is 0 Å². The molecule has 2 aromatic heterocycles. The standard InChI is InChI=1S/C20H23N3O3S/c1-15-8-9-18(26-15)20-19(16-6-4-3-5-7-16)21-14-23(20)17-10-12-22(13-11-17)27(2,24)25/h3-9,14,17H,10-13H2,1-2H3. The van der Waals surface area contributed by atoms with Crippen LogP contribution in [0.2, 0.25) is 0 Å². The van der Waals surface area contributed by atoms with Crippen LogP contribution in [-0.2, 0) is 10.0 Å². The lowest BCUT2D eigenvalue weighted by Gasteiger charge is -2.31. The summed E-state index contributed by atoms with van der Waals surface area (Å²) in [6, 6.07) is 14.2. The van der Waals surface area contributed by atoms with Crippen molar-refractivity contribution in [2.45, 2.75) is 25.8 Å². The maximum atomic E-state index is 11.8. The number of aromatic nitrogens is 2. The van der Waals surface area contributed by atoms with Crippen LogP contribution in [0.25, 0.3) is 22.7 Å². The molecule has 7 heteroatoms. The third-order valence-electron chi connectivity index (χ3n) is 5.10. The lowest BCUT2D eigenvalue weighted by Crippen LogP contribution is -2.38. The summed E-state index contributed by atoms with van der Waals surface area (Å²) in [5.74, 6) is 1.64. The molecule has 27 heavy (non-hydrogen) atoms. The Morgan fingerprint density at radius 1 is 1.07 bits per heavy atom. The average molecular weight is 385 g/mol. The van der Waals surface area contributed by atoms with Crippen molar-refractivity contribution in [1.29, 1.82) is 0 Å². The fourth-order valence-corrected chi connectivity index (χ4v) is 4.58. The van der Waals surface area contributed by atoms with Gasteiger partial charge in [-0.2, -0.15) is 0 Å². The van der Waals surface area contributed by atoms with Crippen molar-refractivity contribution < 1.29 is 12.8 Å². The topological polar surface area (TPSA) is 68.3 Å². The van der Waals surface area contributed by atoms with Gasteiger partial charge in [0.25, 0.3) is 0 Å². The minimum Gasteiger partial charge on any atom is -0.460 e. The molecule has 0 unspecified atom stereocenters. The number of furan rings is 1. The lowest BCUT2D eigenvalue weighted by molar-refractivity contribution is 0.275. The molecule has 0 amide bonds. The van der Waals surface area contributed by atoms with Crippen LogP contribution in [0.5, 0.6) is 0 Å². The molecule has 1 fully saturated rings. The van der Waals surface area contributed by atoms with E-state index in [1.54, 1.807) is 4.31 Å². The predicted octanol–water partition coefficient (Wildman–Crippen LogP) is 3.72. The minimum absolute atomic E-state index is 0.188. The molecule has 0 radical (unpaired) electrons. The number of hydrogen-bond acceptors (Lipinski definition) is 4. The molecule has 6 nitrogen and oxygen atoms in total. The number of nitrogens with zero attached hydrogens (tertiary/aromatic N) is 3. The number of sulfonamides is 1. The first kappa shape index (κ1) is 18.0. The summed E-state index contributed by atoms with van der Waals surface area (Å²) >= 11 is 0. The molecule has 0 saturated carbocycles. The first-order valence-corrected chi connectivity index (χ1v) is 10.9. The van der Waals surface area contributed by atoms with E-state index in [4.69, 9.17) is 4.42 Å². The molecule has 0 atom stereocenters. The van der Waals surface area contributed by atoms with E-state index in [-0.39, 0.29) is 6.04 Å². The lowest BCUT2D eigenvalue weighted by atomic mass is 10.0. The van der Waals surface area contributed by atoms with Crippen LogP contribution in [0, 0.1) is 6.92 Å². The summed E-state index contributed by atoms with van der Waals surface area (Å²) in [5, 5.41) is 0. The molecule has 1 aliphatic heterocycles. The van der Waals surface area contributed by atoms with Crippen LogP contribution in [0.3, 0.4) is 0 Å². The molecule has 0 bridgehead atoms. The zero-order chi connectivity index (χ0) is 19.0. The van der Waals surface area contributed by atoms with Gasteiger partial charge in [0.2, 0.25) is 10.0 Å². The first-order chi connectivity index (χ1) is 12.9. The van der Waals surface area contributed by atoms with E-state index in [9.17, 15) is 8.42 Å². The Morgan fingerprint density at radius 3 is 2.37 bits per heavy atom. The number of aryl methyl sites for hydroxylation is 1. The Labute approximate surface area is 159 Å². The highest BCUT2D eigenvalue weighted by atomic mass is 32.2. The van der Waals surface area contributed by atoms with Gasteiger partial charge in [0.05, 0.1) is 18.3 Å². The van der Waals surface area contributed by atoms with Crippen LogP contribution < -0.4 is 0 Å². The summed E-state index contributed by atoms with van der Waals surface area (Å²) < 4.78 is 33.2. The Morgan fingerprint density at radius 2 is 1.78 bits per heavy atom. The summed E-state index contributed by atoms with van der Waals surface area (Å²) in [6.07, 6.45) is 4.64. The summed E-state index contributed by atoms with van der Waals surface area (Å²) in [6.45, 7) is 2.98. The highest BCUT2D eigenvalue weighted by molar-refractivity contribution is 7.88. The molecule has 0 aliphatic carbocycles. The predicted molar refractivity (Wildman–Crippen MR) is 105 cm³/mol. The molecule has 1 aromatic carbocycles. The normalized spacial score (nSPS) is 16.7. The van der Waals surface area contributed by atoms with Gasteiger partial charge in [-0.15, -0.1) is 0 Å². The van der Waals surface area contributed by atoms with Crippen molar-refractivity contribution in [3.05, 3.63) is 54.6 Å². The minimum atomic E-state index is -3.14. The van der Waals surface area contributed by atoms with Gasteiger partial charge in [0, 0.05) is 24.7 Å². The van der Waals surface area contributed by atoms with Crippen molar-refractivity contribution >= 4 is 10.0 Å². The van der Waals surface area contributed by atoms with E-state index in [1.807, 2.05) is 55.7 Å². The SMILES string of the molecule is Cc1ccc(-c2c(-c3ccccc3)ncn2C2CCN(S(C)(=O)=O)CC2)o1. The van der Waals surface area contributed by atoms with Crippen LogP contribution in [0.15, 0.2) is 53.2 Å². The van der Waals surface area contributed by atoms with Crippen LogP contribution in [0.1, 0.15) is 24.6 Å². The van der Waals surface area contributed by atoms with E-state index >= 15 is 0 Å². The maximum Gasteiger partial charge on any atom is 0.211 e. The monoisotopic (exact) mass is 385 g/mol. The van der Waals surface area contributed by atoms with Crippen molar-refractivity contribution in [1.82, 2.24) is 13.9 Å². The highest BCUT2D eigenvalue weighted by Gasteiger charge is 2.29. The molecule has 0 N–H and O–H groups in total. The number of hydrogen-bond donors (Lipinski definition) is 0. The highest BCUT2D eigenvalue weighted by Crippen LogP contribution is 2.36. The van der Waals surface area contributed by atoms with Gasteiger partial charge in [-0.05, 0) is 31.9 Å².